The number of hydrogen-bond donors (Lipinski definition) is 0. The fraction of sp³-hybridized carbons (Fsp3) is 0.280. The van der Waals surface area contributed by atoms with E-state index in [1.54, 1.807) is 24.3 Å². The summed E-state index contributed by atoms with van der Waals surface area (Å²) >= 11 is 0. The first kappa shape index (κ1) is 22.1. The fourth-order valence-corrected chi connectivity index (χ4v) is 6.29. The third kappa shape index (κ3) is 4.57. The molecule has 2 aromatic carbocycles. The van der Waals surface area contributed by atoms with E-state index in [-0.39, 0.29) is 12.6 Å². The smallest absolute Gasteiger partial charge is 0.217 e. The Morgan fingerprint density at radius 1 is 1.09 bits per heavy atom. The lowest BCUT2D eigenvalue weighted by Crippen LogP contribution is -2.48. The Labute approximate surface area is 188 Å². The van der Waals surface area contributed by atoms with Gasteiger partial charge in [0.25, 0.3) is 0 Å². The molecule has 0 saturated carbocycles. The molecular formula is C25H24FN3O2S. The average molecular weight is 450 g/mol. The van der Waals surface area contributed by atoms with Crippen LogP contribution in [0.1, 0.15) is 36.6 Å². The summed E-state index contributed by atoms with van der Waals surface area (Å²) < 4.78 is 43.1. The third-order valence-corrected chi connectivity index (χ3v) is 8.43. The van der Waals surface area contributed by atoms with Crippen LogP contribution in [0.15, 0.2) is 66.9 Å². The number of nitrogens with zero attached hydrogens (tertiary/aromatic N) is 3. The lowest BCUT2D eigenvalue weighted by molar-refractivity contribution is 0.278. The van der Waals surface area contributed by atoms with E-state index in [2.05, 4.69) is 4.98 Å². The first-order valence-electron chi connectivity index (χ1n) is 10.6. The summed E-state index contributed by atoms with van der Waals surface area (Å²) in [5.74, 6) is -0.459. The van der Waals surface area contributed by atoms with Crippen LogP contribution < -0.4 is 0 Å². The molecular weight excluding hydrogens is 425 g/mol. The van der Waals surface area contributed by atoms with Crippen LogP contribution >= 0.6 is 0 Å². The Kier molecular flexibility index (Phi) is 6.35. The van der Waals surface area contributed by atoms with Gasteiger partial charge in [0.05, 0.1) is 5.25 Å². The molecule has 2 atom stereocenters. The van der Waals surface area contributed by atoms with E-state index in [0.717, 1.165) is 12.0 Å². The quantitative estimate of drug-likeness (QED) is 0.567. The van der Waals surface area contributed by atoms with Gasteiger partial charge in [-0.2, -0.15) is 9.57 Å². The van der Waals surface area contributed by atoms with Gasteiger partial charge in [0.15, 0.2) is 0 Å². The summed E-state index contributed by atoms with van der Waals surface area (Å²) in [6, 6.07) is 19.4. The molecule has 32 heavy (non-hydrogen) atoms. The molecule has 3 aromatic rings. The predicted octanol–water partition coefficient (Wildman–Crippen LogP) is 4.68. The Morgan fingerprint density at radius 3 is 2.50 bits per heavy atom. The molecule has 0 spiro atoms. The van der Waals surface area contributed by atoms with Crippen LogP contribution in [0.2, 0.25) is 0 Å². The van der Waals surface area contributed by atoms with Gasteiger partial charge in [0.1, 0.15) is 17.6 Å². The molecule has 2 heterocycles. The molecule has 1 aliphatic heterocycles. The molecule has 0 radical (unpaired) electrons. The summed E-state index contributed by atoms with van der Waals surface area (Å²) in [5.41, 5.74) is 2.93. The summed E-state index contributed by atoms with van der Waals surface area (Å²) in [6.45, 7) is 1.89. The van der Waals surface area contributed by atoms with Crippen molar-refractivity contribution >= 4 is 10.0 Å². The molecule has 0 aliphatic carbocycles. The highest BCUT2D eigenvalue weighted by molar-refractivity contribution is 7.89. The zero-order chi connectivity index (χ0) is 22.7. The lowest BCUT2D eigenvalue weighted by atomic mass is 10.0. The number of pyridine rings is 1. The van der Waals surface area contributed by atoms with Gasteiger partial charge in [-0.15, -0.1) is 0 Å². The van der Waals surface area contributed by atoms with Gasteiger partial charge < -0.3 is 0 Å². The van der Waals surface area contributed by atoms with Gasteiger partial charge in [0.2, 0.25) is 10.0 Å². The number of sulfonamides is 1. The third-order valence-electron chi connectivity index (χ3n) is 6.04. The van der Waals surface area contributed by atoms with Crippen molar-refractivity contribution in [2.45, 2.75) is 44.0 Å². The second kappa shape index (κ2) is 9.19. The van der Waals surface area contributed by atoms with Crippen molar-refractivity contribution in [3.63, 3.8) is 0 Å². The van der Waals surface area contributed by atoms with E-state index in [9.17, 15) is 12.8 Å². The van der Waals surface area contributed by atoms with Gasteiger partial charge in [-0.1, -0.05) is 42.5 Å². The van der Waals surface area contributed by atoms with Gasteiger partial charge in [-0.05, 0) is 55.5 Å². The fourth-order valence-electron chi connectivity index (χ4n) is 4.15. The van der Waals surface area contributed by atoms with Crippen molar-refractivity contribution in [2.75, 3.05) is 0 Å². The highest BCUT2D eigenvalue weighted by Gasteiger charge is 2.39. The van der Waals surface area contributed by atoms with E-state index in [1.165, 1.54) is 16.6 Å². The van der Waals surface area contributed by atoms with Crippen molar-refractivity contribution in [1.29, 1.82) is 5.26 Å². The van der Waals surface area contributed by atoms with Crippen LogP contribution in [0.3, 0.4) is 0 Å². The van der Waals surface area contributed by atoms with Gasteiger partial charge >= 0.3 is 0 Å². The van der Waals surface area contributed by atoms with Crippen LogP contribution in [0.25, 0.3) is 11.1 Å². The van der Waals surface area contributed by atoms with E-state index >= 15 is 0 Å². The van der Waals surface area contributed by atoms with Crippen LogP contribution in [0.4, 0.5) is 4.39 Å². The number of aromatic nitrogens is 1. The maximum absolute atomic E-state index is 15.0. The van der Waals surface area contributed by atoms with Crippen molar-refractivity contribution in [3.05, 3.63) is 89.5 Å². The first-order valence-corrected chi connectivity index (χ1v) is 12.1. The Morgan fingerprint density at radius 2 is 1.84 bits per heavy atom. The molecule has 5 nitrogen and oxygen atoms in total. The number of rotatable bonds is 5. The molecule has 1 aliphatic rings. The van der Waals surface area contributed by atoms with Crippen molar-refractivity contribution in [1.82, 2.24) is 9.29 Å². The predicted molar refractivity (Wildman–Crippen MR) is 121 cm³/mol. The first-order chi connectivity index (χ1) is 15.4. The monoisotopic (exact) mass is 449 g/mol. The molecule has 1 fully saturated rings. The van der Waals surface area contributed by atoms with Crippen molar-refractivity contribution < 1.29 is 12.8 Å². The highest BCUT2D eigenvalue weighted by atomic mass is 32.2. The molecule has 4 rings (SSSR count). The molecule has 0 bridgehead atoms. The minimum Gasteiger partial charge on any atom is -0.245 e. The number of nitriles is 1. The molecule has 1 saturated heterocycles. The van der Waals surface area contributed by atoms with Crippen LogP contribution in [0, 0.1) is 17.1 Å². The van der Waals surface area contributed by atoms with Crippen LogP contribution in [0.5, 0.6) is 0 Å². The summed E-state index contributed by atoms with van der Waals surface area (Å²) in [4.78, 5) is 4.02. The Bertz CT molecular complexity index is 1240. The minimum atomic E-state index is -3.57. The standard InChI is InChI=1S/C25H24FN3O2S/c1-18-7-12-24(13-19-5-3-2-4-6-19)32(30,31)29(18)17-22-9-8-20(14-25(22)26)21-10-11-23(15-27)28-16-21/h2-6,8-11,14,16,18,24H,7,12-13,17H2,1H3/t18-,24?/m0/s1. The second-order valence-electron chi connectivity index (χ2n) is 8.18. The van der Waals surface area contributed by atoms with E-state index in [0.29, 0.717) is 35.2 Å². The summed E-state index contributed by atoms with van der Waals surface area (Å²) in [7, 11) is -3.57. The number of halogens is 1. The second-order valence-corrected chi connectivity index (χ2v) is 10.3. The Balaban J connectivity index is 1.55. The van der Waals surface area contributed by atoms with Crippen LogP contribution in [-0.4, -0.2) is 29.0 Å². The van der Waals surface area contributed by atoms with Gasteiger partial charge in [-0.25, -0.2) is 17.8 Å². The maximum atomic E-state index is 15.0. The average Bonchev–Trinajstić information content (AvgIpc) is 2.80. The molecule has 164 valence electrons. The van der Waals surface area contributed by atoms with Gasteiger partial charge in [-0.3, -0.25) is 0 Å². The van der Waals surface area contributed by atoms with E-state index in [4.69, 9.17) is 5.26 Å². The number of hydrogen-bond acceptors (Lipinski definition) is 4. The van der Waals surface area contributed by atoms with Gasteiger partial charge in [0, 0.05) is 29.9 Å². The summed E-state index contributed by atoms with van der Waals surface area (Å²) in [5, 5.41) is 8.37. The molecule has 0 amide bonds. The molecule has 1 aromatic heterocycles. The normalized spacial score (nSPS) is 20.5. The zero-order valence-corrected chi connectivity index (χ0v) is 18.6. The van der Waals surface area contributed by atoms with Crippen LogP contribution in [-0.2, 0) is 23.0 Å². The molecule has 0 N–H and O–H groups in total. The zero-order valence-electron chi connectivity index (χ0n) is 17.8. The van der Waals surface area contributed by atoms with E-state index in [1.807, 2.05) is 43.3 Å². The lowest BCUT2D eigenvalue weighted by Gasteiger charge is -2.37. The largest absolute Gasteiger partial charge is 0.245 e. The van der Waals surface area contributed by atoms with Crippen molar-refractivity contribution in [2.24, 2.45) is 0 Å². The number of benzene rings is 2. The molecule has 1 unspecified atom stereocenters. The topological polar surface area (TPSA) is 74.1 Å². The SMILES string of the molecule is C[C@H]1CCC(Cc2ccccc2)S(=O)(=O)N1Cc1ccc(-c2ccc(C#N)nc2)cc1F. The minimum absolute atomic E-state index is 0.00647. The highest BCUT2D eigenvalue weighted by Crippen LogP contribution is 2.31. The Hall–Kier alpha value is -3.08. The maximum Gasteiger partial charge on any atom is 0.217 e. The van der Waals surface area contributed by atoms with Crippen molar-refractivity contribution in [3.8, 4) is 17.2 Å². The summed E-state index contributed by atoms with van der Waals surface area (Å²) in [6.07, 6.45) is 3.33. The molecule has 7 heteroatoms. The van der Waals surface area contributed by atoms with E-state index < -0.39 is 21.1 Å².